The standard InChI is InChI=1S/C13H15N3O3/c1-6-7(2)9(19-3)5-4-8(6)11-10(13(17)18)12(14)16-15-11/h4-5H,1-3H3,(H,17,18)(H3,14,15,16). The number of carboxylic acid groups (broad SMARTS) is 1. The summed E-state index contributed by atoms with van der Waals surface area (Å²) in [5.41, 5.74) is 8.60. The molecule has 0 saturated heterocycles. The molecule has 0 radical (unpaired) electrons. The number of nitrogen functional groups attached to an aromatic ring is 1. The molecule has 6 heteroatoms. The molecule has 2 aromatic rings. The van der Waals surface area contributed by atoms with Crippen LogP contribution in [0, 0.1) is 13.8 Å². The molecule has 0 aliphatic rings. The van der Waals surface area contributed by atoms with E-state index in [2.05, 4.69) is 10.2 Å². The number of benzene rings is 1. The van der Waals surface area contributed by atoms with Gasteiger partial charge >= 0.3 is 5.97 Å². The Hall–Kier alpha value is -2.50. The zero-order chi connectivity index (χ0) is 14.2. The van der Waals surface area contributed by atoms with Crippen LogP contribution >= 0.6 is 0 Å². The highest BCUT2D eigenvalue weighted by atomic mass is 16.5. The fraction of sp³-hybridized carbons (Fsp3) is 0.231. The van der Waals surface area contributed by atoms with Crippen LogP contribution in [0.1, 0.15) is 21.5 Å². The van der Waals surface area contributed by atoms with Gasteiger partial charge in [0.05, 0.1) is 12.8 Å². The van der Waals surface area contributed by atoms with Crippen molar-refractivity contribution >= 4 is 11.8 Å². The van der Waals surface area contributed by atoms with Gasteiger partial charge in [-0.1, -0.05) is 0 Å². The first-order valence-electron chi connectivity index (χ1n) is 5.69. The van der Waals surface area contributed by atoms with Crippen molar-refractivity contribution < 1.29 is 14.6 Å². The molecule has 0 amide bonds. The average molecular weight is 261 g/mol. The summed E-state index contributed by atoms with van der Waals surface area (Å²) in [7, 11) is 1.60. The Balaban J connectivity index is 2.67. The van der Waals surface area contributed by atoms with Crippen LogP contribution in [0.3, 0.4) is 0 Å². The Kier molecular flexibility index (Phi) is 3.16. The number of anilines is 1. The maximum Gasteiger partial charge on any atom is 0.341 e. The summed E-state index contributed by atoms with van der Waals surface area (Å²) in [5, 5.41) is 15.6. The summed E-state index contributed by atoms with van der Waals surface area (Å²) in [5.74, 6) is -0.366. The highest BCUT2D eigenvalue weighted by molar-refractivity contribution is 6.00. The Morgan fingerprint density at radius 1 is 1.37 bits per heavy atom. The second-order valence-electron chi connectivity index (χ2n) is 4.23. The van der Waals surface area contributed by atoms with Crippen molar-refractivity contribution in [2.75, 3.05) is 12.8 Å². The Labute approximate surface area is 110 Å². The van der Waals surface area contributed by atoms with Crippen molar-refractivity contribution in [2.24, 2.45) is 0 Å². The van der Waals surface area contributed by atoms with E-state index in [1.807, 2.05) is 13.8 Å². The van der Waals surface area contributed by atoms with Gasteiger partial charge in [-0.3, -0.25) is 5.10 Å². The molecule has 19 heavy (non-hydrogen) atoms. The molecule has 6 nitrogen and oxygen atoms in total. The third kappa shape index (κ3) is 2.01. The molecule has 0 aliphatic carbocycles. The molecule has 0 aliphatic heterocycles. The lowest BCUT2D eigenvalue weighted by molar-refractivity contribution is 0.0699. The van der Waals surface area contributed by atoms with E-state index in [0.29, 0.717) is 5.69 Å². The summed E-state index contributed by atoms with van der Waals surface area (Å²) >= 11 is 0. The lowest BCUT2D eigenvalue weighted by atomic mass is 9.98. The maximum absolute atomic E-state index is 11.2. The smallest absolute Gasteiger partial charge is 0.341 e. The Bertz CT molecular complexity index is 647. The number of nitrogens with zero attached hydrogens (tertiary/aromatic N) is 1. The van der Waals surface area contributed by atoms with Gasteiger partial charge in [-0.15, -0.1) is 0 Å². The van der Waals surface area contributed by atoms with Crippen LogP contribution in [0.5, 0.6) is 5.75 Å². The normalized spacial score (nSPS) is 10.5. The van der Waals surface area contributed by atoms with Crippen LogP contribution in [-0.4, -0.2) is 28.4 Å². The van der Waals surface area contributed by atoms with Crippen LogP contribution in [-0.2, 0) is 0 Å². The first-order chi connectivity index (χ1) is 8.97. The van der Waals surface area contributed by atoms with Gasteiger partial charge in [-0.05, 0) is 37.1 Å². The maximum atomic E-state index is 11.2. The number of aromatic carboxylic acids is 1. The van der Waals surface area contributed by atoms with Crippen LogP contribution in [0.4, 0.5) is 5.82 Å². The summed E-state index contributed by atoms with van der Waals surface area (Å²) in [6, 6.07) is 3.58. The van der Waals surface area contributed by atoms with E-state index in [1.165, 1.54) is 0 Å². The number of carboxylic acids is 1. The lowest BCUT2D eigenvalue weighted by Crippen LogP contribution is -2.02. The van der Waals surface area contributed by atoms with Crippen molar-refractivity contribution in [1.29, 1.82) is 0 Å². The van der Waals surface area contributed by atoms with Crippen LogP contribution in [0.25, 0.3) is 11.3 Å². The highest BCUT2D eigenvalue weighted by Gasteiger charge is 2.21. The van der Waals surface area contributed by atoms with E-state index in [-0.39, 0.29) is 11.4 Å². The van der Waals surface area contributed by atoms with Crippen molar-refractivity contribution in [3.8, 4) is 17.0 Å². The molecule has 2 rings (SSSR count). The molecule has 0 spiro atoms. The SMILES string of the molecule is COc1ccc(-c2[nH]nc(N)c2C(=O)O)c(C)c1C. The summed E-state index contributed by atoms with van der Waals surface area (Å²) in [4.78, 5) is 11.2. The largest absolute Gasteiger partial charge is 0.496 e. The van der Waals surface area contributed by atoms with Gasteiger partial charge in [0.2, 0.25) is 0 Å². The molecule has 0 fully saturated rings. The van der Waals surface area contributed by atoms with Crippen LogP contribution < -0.4 is 10.5 Å². The average Bonchev–Trinajstić information content (AvgIpc) is 2.74. The molecule has 100 valence electrons. The molecular weight excluding hydrogens is 246 g/mol. The fourth-order valence-corrected chi connectivity index (χ4v) is 2.06. The molecule has 0 bridgehead atoms. The third-order valence-corrected chi connectivity index (χ3v) is 3.23. The van der Waals surface area contributed by atoms with Gasteiger partial charge in [0.25, 0.3) is 0 Å². The zero-order valence-electron chi connectivity index (χ0n) is 10.9. The Morgan fingerprint density at radius 2 is 2.05 bits per heavy atom. The summed E-state index contributed by atoms with van der Waals surface area (Å²) < 4.78 is 5.23. The highest BCUT2D eigenvalue weighted by Crippen LogP contribution is 2.33. The number of hydrogen-bond acceptors (Lipinski definition) is 4. The van der Waals surface area contributed by atoms with Crippen LogP contribution in [0.2, 0.25) is 0 Å². The predicted octanol–water partition coefficient (Wildman–Crippen LogP) is 1.98. The zero-order valence-corrected chi connectivity index (χ0v) is 10.9. The molecule has 4 N–H and O–H groups in total. The van der Waals surface area contributed by atoms with Gasteiger partial charge in [0, 0.05) is 5.56 Å². The first-order valence-corrected chi connectivity index (χ1v) is 5.69. The second-order valence-corrected chi connectivity index (χ2v) is 4.23. The molecule has 0 saturated carbocycles. The number of aromatic amines is 1. The number of nitrogens with two attached hydrogens (primary N) is 1. The monoisotopic (exact) mass is 261 g/mol. The fourth-order valence-electron chi connectivity index (χ4n) is 2.06. The van der Waals surface area contributed by atoms with Gasteiger partial charge in [0.15, 0.2) is 5.82 Å². The molecule has 1 aromatic heterocycles. The number of ether oxygens (including phenoxy) is 1. The molecule has 0 atom stereocenters. The van der Waals surface area contributed by atoms with Crippen molar-refractivity contribution in [3.63, 3.8) is 0 Å². The molecule has 1 heterocycles. The minimum absolute atomic E-state index is 0.00679. The molecule has 0 unspecified atom stereocenters. The van der Waals surface area contributed by atoms with E-state index in [9.17, 15) is 9.90 Å². The minimum atomic E-state index is -1.10. The molecule has 1 aromatic carbocycles. The van der Waals surface area contributed by atoms with Crippen molar-refractivity contribution in [2.45, 2.75) is 13.8 Å². The minimum Gasteiger partial charge on any atom is -0.496 e. The molecular formula is C13H15N3O3. The van der Waals surface area contributed by atoms with E-state index in [4.69, 9.17) is 10.5 Å². The van der Waals surface area contributed by atoms with Gasteiger partial charge in [-0.2, -0.15) is 5.10 Å². The number of carbonyl (C=O) groups is 1. The summed E-state index contributed by atoms with van der Waals surface area (Å²) in [6.45, 7) is 3.81. The Morgan fingerprint density at radius 3 is 2.63 bits per heavy atom. The lowest BCUT2D eigenvalue weighted by Gasteiger charge is -2.12. The van der Waals surface area contributed by atoms with Crippen LogP contribution in [0.15, 0.2) is 12.1 Å². The number of nitrogens with one attached hydrogen (secondary N) is 1. The number of rotatable bonds is 3. The summed E-state index contributed by atoms with van der Waals surface area (Å²) in [6.07, 6.45) is 0. The van der Waals surface area contributed by atoms with Gasteiger partial charge in [0.1, 0.15) is 11.3 Å². The van der Waals surface area contributed by atoms with E-state index < -0.39 is 5.97 Å². The van der Waals surface area contributed by atoms with Crippen molar-refractivity contribution in [1.82, 2.24) is 10.2 Å². The first kappa shape index (κ1) is 12.9. The number of H-pyrrole nitrogens is 1. The number of aromatic nitrogens is 2. The third-order valence-electron chi connectivity index (χ3n) is 3.23. The number of hydrogen-bond donors (Lipinski definition) is 3. The number of methoxy groups -OCH3 is 1. The van der Waals surface area contributed by atoms with Gasteiger partial charge < -0.3 is 15.6 Å². The second kappa shape index (κ2) is 4.64. The van der Waals surface area contributed by atoms with E-state index in [1.54, 1.807) is 19.2 Å². The topological polar surface area (TPSA) is 101 Å². The quantitative estimate of drug-likeness (QED) is 0.784. The van der Waals surface area contributed by atoms with E-state index >= 15 is 0 Å². The van der Waals surface area contributed by atoms with E-state index in [0.717, 1.165) is 22.4 Å². The van der Waals surface area contributed by atoms with Gasteiger partial charge in [-0.25, -0.2) is 4.79 Å². The predicted molar refractivity (Wildman–Crippen MR) is 71.4 cm³/mol. The van der Waals surface area contributed by atoms with Crippen molar-refractivity contribution in [3.05, 3.63) is 28.8 Å².